The summed E-state index contributed by atoms with van der Waals surface area (Å²) < 4.78 is 29.9. The number of fused-ring (bicyclic) bond motifs is 1. The molecule has 2 aliphatic carbocycles. The minimum atomic E-state index is -2.38. The number of alkyl halides is 2. The normalized spacial score (nSPS) is 25.0. The van der Waals surface area contributed by atoms with E-state index in [1.165, 1.54) is 19.3 Å². The van der Waals surface area contributed by atoms with Gasteiger partial charge in [0, 0.05) is 31.4 Å². The molecule has 1 aromatic carbocycles. The first-order valence-electron chi connectivity index (χ1n) is 11.8. The molecule has 3 amide bonds. The first-order valence-corrected chi connectivity index (χ1v) is 11.8. The molecule has 7 nitrogen and oxygen atoms in total. The number of carbonyl (C=O) groups is 3. The SMILES string of the molecule is NCC1CC(F)(F)C1.O=C1CCC(N2Cc3cc(OC4CCCCC4)ccc3C2=O)C(=O)N1. The van der Waals surface area contributed by atoms with Crippen LogP contribution in [0, 0.1) is 5.92 Å². The Kier molecular flexibility index (Phi) is 6.97. The average molecular weight is 464 g/mol. The predicted octanol–water partition coefficient (Wildman–Crippen LogP) is 3.15. The molecule has 2 saturated carbocycles. The van der Waals surface area contributed by atoms with E-state index in [-0.39, 0.29) is 49.0 Å². The Balaban J connectivity index is 0.000000275. The third-order valence-electron chi connectivity index (χ3n) is 6.86. The number of hydrogen-bond acceptors (Lipinski definition) is 5. The van der Waals surface area contributed by atoms with Gasteiger partial charge in [0.1, 0.15) is 11.8 Å². The third kappa shape index (κ3) is 5.51. The number of amides is 3. The lowest BCUT2D eigenvalue weighted by atomic mass is 9.82. The van der Waals surface area contributed by atoms with Gasteiger partial charge >= 0.3 is 0 Å². The zero-order valence-electron chi connectivity index (χ0n) is 18.7. The molecule has 2 heterocycles. The van der Waals surface area contributed by atoms with Gasteiger partial charge < -0.3 is 15.4 Å². The molecule has 1 unspecified atom stereocenters. The maximum Gasteiger partial charge on any atom is 0.255 e. The lowest BCUT2D eigenvalue weighted by Gasteiger charge is -2.33. The van der Waals surface area contributed by atoms with Gasteiger partial charge in [-0.25, -0.2) is 8.78 Å². The first-order chi connectivity index (χ1) is 15.8. The van der Waals surface area contributed by atoms with Gasteiger partial charge in [-0.3, -0.25) is 19.7 Å². The van der Waals surface area contributed by atoms with E-state index in [2.05, 4.69) is 5.32 Å². The summed E-state index contributed by atoms with van der Waals surface area (Å²) in [4.78, 5) is 37.6. The largest absolute Gasteiger partial charge is 0.490 e. The fourth-order valence-electron chi connectivity index (χ4n) is 4.95. The number of hydrogen-bond donors (Lipinski definition) is 2. The quantitative estimate of drug-likeness (QED) is 0.668. The summed E-state index contributed by atoms with van der Waals surface area (Å²) in [5.41, 5.74) is 6.64. The van der Waals surface area contributed by atoms with Crippen molar-refractivity contribution in [3.05, 3.63) is 29.3 Å². The van der Waals surface area contributed by atoms with Crippen LogP contribution in [0.5, 0.6) is 5.75 Å². The Morgan fingerprint density at radius 3 is 2.42 bits per heavy atom. The van der Waals surface area contributed by atoms with E-state index in [1.54, 1.807) is 11.0 Å². The topological polar surface area (TPSA) is 102 Å². The zero-order valence-corrected chi connectivity index (χ0v) is 18.7. The molecular weight excluding hydrogens is 432 g/mol. The molecule has 3 N–H and O–H groups in total. The van der Waals surface area contributed by atoms with Gasteiger partial charge in [0.15, 0.2) is 0 Å². The Labute approximate surface area is 192 Å². The van der Waals surface area contributed by atoms with Crippen molar-refractivity contribution in [3.8, 4) is 5.75 Å². The van der Waals surface area contributed by atoms with Crippen molar-refractivity contribution in [1.29, 1.82) is 0 Å². The molecular formula is C24H31F2N3O4. The fourth-order valence-corrected chi connectivity index (χ4v) is 4.95. The van der Waals surface area contributed by atoms with Crippen molar-refractivity contribution in [2.24, 2.45) is 11.7 Å². The van der Waals surface area contributed by atoms with Crippen LogP contribution in [-0.4, -0.2) is 47.2 Å². The number of nitrogens with one attached hydrogen (secondary N) is 1. The number of carbonyl (C=O) groups excluding carboxylic acids is 3. The van der Waals surface area contributed by atoms with Gasteiger partial charge in [-0.05, 0) is 68.3 Å². The van der Waals surface area contributed by atoms with Crippen LogP contribution in [0.4, 0.5) is 8.78 Å². The van der Waals surface area contributed by atoms with Crippen LogP contribution >= 0.6 is 0 Å². The summed E-state index contributed by atoms with van der Waals surface area (Å²) in [5, 5.41) is 2.32. The Morgan fingerprint density at radius 1 is 1.09 bits per heavy atom. The highest BCUT2D eigenvalue weighted by atomic mass is 19.3. The van der Waals surface area contributed by atoms with Crippen LogP contribution in [0.1, 0.15) is 73.7 Å². The van der Waals surface area contributed by atoms with Crippen molar-refractivity contribution in [2.45, 2.75) is 82.4 Å². The second-order valence-corrected chi connectivity index (χ2v) is 9.46. The Hall–Kier alpha value is -2.55. The van der Waals surface area contributed by atoms with Gasteiger partial charge in [-0.15, -0.1) is 0 Å². The molecule has 2 aliphatic heterocycles. The highest BCUT2D eigenvalue weighted by Crippen LogP contribution is 2.41. The van der Waals surface area contributed by atoms with Crippen LogP contribution in [-0.2, 0) is 16.1 Å². The van der Waals surface area contributed by atoms with Crippen molar-refractivity contribution in [2.75, 3.05) is 6.54 Å². The highest BCUT2D eigenvalue weighted by molar-refractivity contribution is 6.05. The summed E-state index contributed by atoms with van der Waals surface area (Å²) in [6.45, 7) is 0.803. The summed E-state index contributed by atoms with van der Waals surface area (Å²) in [6.07, 6.45) is 6.77. The molecule has 9 heteroatoms. The minimum Gasteiger partial charge on any atom is -0.490 e. The van der Waals surface area contributed by atoms with E-state index in [0.717, 1.165) is 24.2 Å². The van der Waals surface area contributed by atoms with Crippen LogP contribution in [0.3, 0.4) is 0 Å². The van der Waals surface area contributed by atoms with Crippen LogP contribution in [0.15, 0.2) is 18.2 Å². The number of nitrogens with two attached hydrogens (primary N) is 1. The number of piperidine rings is 1. The number of nitrogens with zero attached hydrogens (tertiary/aromatic N) is 1. The van der Waals surface area contributed by atoms with Crippen molar-refractivity contribution < 1.29 is 27.9 Å². The van der Waals surface area contributed by atoms with Gasteiger partial charge in [-0.1, -0.05) is 6.42 Å². The minimum absolute atomic E-state index is 0.00347. The molecule has 3 fully saturated rings. The summed E-state index contributed by atoms with van der Waals surface area (Å²) in [6, 6.07) is 5.00. The summed E-state index contributed by atoms with van der Waals surface area (Å²) in [7, 11) is 0. The van der Waals surface area contributed by atoms with Crippen LogP contribution < -0.4 is 15.8 Å². The number of imide groups is 1. The number of ether oxygens (including phenoxy) is 1. The molecule has 180 valence electrons. The highest BCUT2D eigenvalue weighted by Gasteiger charge is 2.44. The van der Waals surface area contributed by atoms with Crippen molar-refractivity contribution in [3.63, 3.8) is 0 Å². The van der Waals surface area contributed by atoms with E-state index < -0.39 is 12.0 Å². The average Bonchev–Trinajstić information content (AvgIpc) is 3.08. The van der Waals surface area contributed by atoms with Gasteiger partial charge in [0.05, 0.1) is 6.10 Å². The fraction of sp³-hybridized carbons (Fsp3) is 0.625. The second kappa shape index (κ2) is 9.75. The number of rotatable bonds is 4. The Morgan fingerprint density at radius 2 is 1.82 bits per heavy atom. The predicted molar refractivity (Wildman–Crippen MR) is 117 cm³/mol. The number of halogens is 2. The van der Waals surface area contributed by atoms with E-state index >= 15 is 0 Å². The molecule has 1 atom stereocenters. The van der Waals surface area contributed by atoms with Crippen LogP contribution in [0.2, 0.25) is 0 Å². The second-order valence-electron chi connectivity index (χ2n) is 9.46. The molecule has 4 aliphatic rings. The third-order valence-corrected chi connectivity index (χ3v) is 6.86. The van der Waals surface area contributed by atoms with Crippen LogP contribution in [0.25, 0.3) is 0 Å². The number of benzene rings is 1. The van der Waals surface area contributed by atoms with Crippen molar-refractivity contribution >= 4 is 17.7 Å². The molecule has 33 heavy (non-hydrogen) atoms. The van der Waals surface area contributed by atoms with E-state index in [0.29, 0.717) is 25.1 Å². The smallest absolute Gasteiger partial charge is 0.255 e. The van der Waals surface area contributed by atoms with E-state index in [4.69, 9.17) is 10.5 Å². The maximum atomic E-state index is 12.6. The van der Waals surface area contributed by atoms with Gasteiger partial charge in [-0.2, -0.15) is 0 Å². The van der Waals surface area contributed by atoms with E-state index in [9.17, 15) is 23.2 Å². The van der Waals surface area contributed by atoms with Crippen molar-refractivity contribution in [1.82, 2.24) is 10.2 Å². The first kappa shape index (κ1) is 23.6. The van der Waals surface area contributed by atoms with E-state index in [1.807, 2.05) is 12.1 Å². The van der Waals surface area contributed by atoms with Gasteiger partial charge in [0.2, 0.25) is 17.7 Å². The standard InChI is InChI=1S/C19H22N2O4.C5H9F2N/c22-17-9-8-16(18(23)20-17)21-11-12-10-14(6-7-15(12)19(21)24)25-13-4-2-1-3-5-13;6-5(7)1-4(2-5)3-8/h6-7,10,13,16H,1-5,8-9,11H2,(H,20,22,23);4H,1-3,8H2. The monoisotopic (exact) mass is 463 g/mol. The summed E-state index contributed by atoms with van der Waals surface area (Å²) in [5.74, 6) is -2.30. The molecule has 1 aromatic rings. The lowest BCUT2D eigenvalue weighted by molar-refractivity contribution is -0.136. The maximum absolute atomic E-state index is 12.6. The molecule has 0 spiro atoms. The molecule has 0 aromatic heterocycles. The molecule has 0 radical (unpaired) electrons. The Bertz CT molecular complexity index is 909. The van der Waals surface area contributed by atoms with Gasteiger partial charge in [0.25, 0.3) is 5.91 Å². The molecule has 1 saturated heterocycles. The zero-order chi connectivity index (χ0) is 23.6. The summed E-state index contributed by atoms with van der Waals surface area (Å²) >= 11 is 0. The molecule has 0 bridgehead atoms. The lowest BCUT2D eigenvalue weighted by Crippen LogP contribution is -2.52. The molecule has 5 rings (SSSR count).